The standard InChI is InChI=1S/C13H11NO3S/c1-16-14-13(15)11-6-8-7-17-10-5-3-2-4-9(10)12(8)18-11/h2-6H,7H2,1H3,(H,14,15). The minimum Gasteiger partial charge on any atom is -0.488 e. The largest absolute Gasteiger partial charge is 0.488 e. The Kier molecular flexibility index (Phi) is 2.77. The van der Waals surface area contributed by atoms with Gasteiger partial charge in [-0.25, -0.2) is 5.48 Å². The van der Waals surface area contributed by atoms with Crippen LogP contribution in [0.1, 0.15) is 15.2 Å². The molecule has 0 aliphatic carbocycles. The Hall–Kier alpha value is -1.85. The zero-order valence-corrected chi connectivity index (χ0v) is 10.5. The highest BCUT2D eigenvalue weighted by Crippen LogP contribution is 2.42. The van der Waals surface area contributed by atoms with Gasteiger partial charge in [0.15, 0.2) is 0 Å². The lowest BCUT2D eigenvalue weighted by Crippen LogP contribution is -2.20. The number of carbonyl (C=O) groups excluding carboxylic acids is 1. The third-order valence-electron chi connectivity index (χ3n) is 2.74. The molecule has 2 heterocycles. The van der Waals surface area contributed by atoms with Crippen molar-refractivity contribution in [3.8, 4) is 16.2 Å². The summed E-state index contributed by atoms with van der Waals surface area (Å²) in [6, 6.07) is 9.70. The SMILES string of the molecule is CONC(=O)c1cc2c(s1)-c1ccccc1OC2. The molecule has 0 bridgehead atoms. The Labute approximate surface area is 108 Å². The third kappa shape index (κ3) is 1.77. The molecule has 2 aromatic rings. The van der Waals surface area contributed by atoms with Crippen LogP contribution in [-0.4, -0.2) is 13.0 Å². The summed E-state index contributed by atoms with van der Waals surface area (Å²) in [6.07, 6.45) is 0. The van der Waals surface area contributed by atoms with Crippen LogP contribution in [0.5, 0.6) is 5.75 Å². The molecular weight excluding hydrogens is 250 g/mol. The van der Waals surface area contributed by atoms with Crippen molar-refractivity contribution >= 4 is 17.2 Å². The normalized spacial score (nSPS) is 12.3. The van der Waals surface area contributed by atoms with Crippen molar-refractivity contribution in [2.45, 2.75) is 6.61 Å². The lowest BCUT2D eigenvalue weighted by atomic mass is 10.1. The Bertz CT molecular complexity index is 606. The molecule has 0 saturated heterocycles. The molecule has 1 amide bonds. The summed E-state index contributed by atoms with van der Waals surface area (Å²) >= 11 is 1.45. The molecule has 1 aromatic heterocycles. The number of ether oxygens (including phenoxy) is 1. The van der Waals surface area contributed by atoms with E-state index < -0.39 is 0 Å². The minimum atomic E-state index is -0.227. The van der Waals surface area contributed by atoms with Crippen LogP contribution in [0, 0.1) is 0 Å². The lowest BCUT2D eigenvalue weighted by Gasteiger charge is -2.16. The van der Waals surface area contributed by atoms with Gasteiger partial charge in [-0.3, -0.25) is 9.63 Å². The number of thiophene rings is 1. The maximum absolute atomic E-state index is 11.7. The van der Waals surface area contributed by atoms with E-state index in [4.69, 9.17) is 4.74 Å². The molecule has 18 heavy (non-hydrogen) atoms. The smallest absolute Gasteiger partial charge is 0.284 e. The number of hydroxylamine groups is 1. The number of rotatable bonds is 2. The molecule has 0 saturated carbocycles. The molecule has 0 spiro atoms. The second-order valence-electron chi connectivity index (χ2n) is 3.89. The van der Waals surface area contributed by atoms with Gasteiger partial charge in [-0.05, 0) is 18.2 Å². The van der Waals surface area contributed by atoms with E-state index in [0.29, 0.717) is 11.5 Å². The number of hydrogen-bond donors (Lipinski definition) is 1. The van der Waals surface area contributed by atoms with Crippen molar-refractivity contribution in [3.63, 3.8) is 0 Å². The monoisotopic (exact) mass is 261 g/mol. The zero-order valence-electron chi connectivity index (χ0n) is 9.73. The maximum Gasteiger partial charge on any atom is 0.284 e. The maximum atomic E-state index is 11.7. The highest BCUT2D eigenvalue weighted by Gasteiger charge is 2.22. The molecule has 92 valence electrons. The van der Waals surface area contributed by atoms with E-state index in [-0.39, 0.29) is 5.91 Å². The van der Waals surface area contributed by atoms with Crippen LogP contribution in [0.25, 0.3) is 10.4 Å². The molecule has 1 aliphatic heterocycles. The molecule has 0 atom stereocenters. The Morgan fingerprint density at radius 2 is 2.28 bits per heavy atom. The van der Waals surface area contributed by atoms with Crippen molar-refractivity contribution in [2.24, 2.45) is 0 Å². The van der Waals surface area contributed by atoms with Crippen molar-refractivity contribution in [2.75, 3.05) is 7.11 Å². The average Bonchev–Trinajstić information content (AvgIpc) is 2.83. The quantitative estimate of drug-likeness (QED) is 0.845. The van der Waals surface area contributed by atoms with Crippen molar-refractivity contribution in [1.29, 1.82) is 0 Å². The number of benzene rings is 1. The number of carbonyl (C=O) groups is 1. The summed E-state index contributed by atoms with van der Waals surface area (Å²) in [5, 5.41) is 0. The fraction of sp³-hybridized carbons (Fsp3) is 0.154. The van der Waals surface area contributed by atoms with Gasteiger partial charge in [0.05, 0.1) is 12.0 Å². The Morgan fingerprint density at radius 3 is 3.11 bits per heavy atom. The second-order valence-corrected chi connectivity index (χ2v) is 4.94. The lowest BCUT2D eigenvalue weighted by molar-refractivity contribution is 0.0542. The van der Waals surface area contributed by atoms with Gasteiger partial charge in [-0.2, -0.15) is 0 Å². The zero-order chi connectivity index (χ0) is 12.5. The van der Waals surface area contributed by atoms with Gasteiger partial charge < -0.3 is 4.74 Å². The van der Waals surface area contributed by atoms with Gasteiger partial charge in [0.1, 0.15) is 12.4 Å². The summed E-state index contributed by atoms with van der Waals surface area (Å²) in [7, 11) is 1.42. The molecule has 3 rings (SSSR count). The first-order chi connectivity index (χ1) is 8.79. The number of para-hydroxylation sites is 1. The average molecular weight is 261 g/mol. The van der Waals surface area contributed by atoms with Gasteiger partial charge in [0.2, 0.25) is 0 Å². The van der Waals surface area contributed by atoms with Gasteiger partial charge in [0.25, 0.3) is 5.91 Å². The molecule has 5 heteroatoms. The first-order valence-electron chi connectivity index (χ1n) is 5.48. The van der Waals surface area contributed by atoms with Crippen LogP contribution in [-0.2, 0) is 11.4 Å². The van der Waals surface area contributed by atoms with Crippen molar-refractivity contribution in [3.05, 3.63) is 40.8 Å². The van der Waals surface area contributed by atoms with Crippen molar-refractivity contribution < 1.29 is 14.4 Å². The first kappa shape index (κ1) is 11.3. The number of hydrogen-bond acceptors (Lipinski definition) is 4. The van der Waals surface area contributed by atoms with E-state index in [1.807, 2.05) is 30.3 Å². The minimum absolute atomic E-state index is 0.227. The first-order valence-corrected chi connectivity index (χ1v) is 6.29. The summed E-state index contributed by atoms with van der Waals surface area (Å²) in [6.45, 7) is 0.503. The van der Waals surface area contributed by atoms with Crippen molar-refractivity contribution in [1.82, 2.24) is 5.48 Å². The van der Waals surface area contributed by atoms with Gasteiger partial charge in [0, 0.05) is 16.0 Å². The van der Waals surface area contributed by atoms with E-state index >= 15 is 0 Å². The molecular formula is C13H11NO3S. The molecule has 0 fully saturated rings. The molecule has 1 N–H and O–H groups in total. The predicted molar refractivity (Wildman–Crippen MR) is 68.6 cm³/mol. The summed E-state index contributed by atoms with van der Waals surface area (Å²) < 4.78 is 5.65. The van der Waals surface area contributed by atoms with E-state index in [1.165, 1.54) is 18.4 Å². The third-order valence-corrected chi connectivity index (χ3v) is 3.95. The highest BCUT2D eigenvalue weighted by atomic mass is 32.1. The summed E-state index contributed by atoms with van der Waals surface area (Å²) in [5.74, 6) is 0.639. The Morgan fingerprint density at radius 1 is 1.44 bits per heavy atom. The van der Waals surface area contributed by atoms with Gasteiger partial charge in [-0.1, -0.05) is 12.1 Å². The van der Waals surface area contributed by atoms with E-state index in [1.54, 1.807) is 0 Å². The number of amides is 1. The van der Waals surface area contributed by atoms with Crippen LogP contribution in [0.4, 0.5) is 0 Å². The van der Waals surface area contributed by atoms with Crippen LogP contribution >= 0.6 is 11.3 Å². The topological polar surface area (TPSA) is 47.6 Å². The van der Waals surface area contributed by atoms with E-state index in [0.717, 1.165) is 21.8 Å². The van der Waals surface area contributed by atoms with E-state index in [9.17, 15) is 4.79 Å². The predicted octanol–water partition coefficient (Wildman–Crippen LogP) is 2.60. The number of nitrogens with one attached hydrogen (secondary N) is 1. The molecule has 1 aromatic carbocycles. The summed E-state index contributed by atoms with van der Waals surface area (Å²) in [5.41, 5.74) is 4.41. The summed E-state index contributed by atoms with van der Waals surface area (Å²) in [4.78, 5) is 18.1. The van der Waals surface area contributed by atoms with Gasteiger partial charge in [-0.15, -0.1) is 11.3 Å². The fourth-order valence-corrected chi connectivity index (χ4v) is 3.04. The van der Waals surface area contributed by atoms with Crippen LogP contribution in [0.2, 0.25) is 0 Å². The van der Waals surface area contributed by atoms with Crippen LogP contribution < -0.4 is 10.2 Å². The molecule has 4 nitrogen and oxygen atoms in total. The van der Waals surface area contributed by atoms with Gasteiger partial charge >= 0.3 is 0 Å². The van der Waals surface area contributed by atoms with Crippen LogP contribution in [0.3, 0.4) is 0 Å². The number of fused-ring (bicyclic) bond motifs is 3. The van der Waals surface area contributed by atoms with Crippen LogP contribution in [0.15, 0.2) is 30.3 Å². The molecule has 0 unspecified atom stereocenters. The molecule has 1 aliphatic rings. The molecule has 0 radical (unpaired) electrons. The second kappa shape index (κ2) is 4.44. The van der Waals surface area contributed by atoms with E-state index in [2.05, 4.69) is 10.3 Å². The fourth-order valence-electron chi connectivity index (χ4n) is 1.95. The Balaban J connectivity index is 2.04. The highest BCUT2D eigenvalue weighted by molar-refractivity contribution is 7.17.